The van der Waals surface area contributed by atoms with Gasteiger partial charge in [0.25, 0.3) is 0 Å². The molecule has 1 aromatic heterocycles. The van der Waals surface area contributed by atoms with Crippen molar-refractivity contribution in [2.75, 3.05) is 11.2 Å². The van der Waals surface area contributed by atoms with Crippen molar-refractivity contribution in [3.63, 3.8) is 0 Å². The number of aromatic nitrogens is 1. The van der Waals surface area contributed by atoms with E-state index in [9.17, 15) is 0 Å². The third-order valence-corrected chi connectivity index (χ3v) is 4.25. The zero-order chi connectivity index (χ0) is 11.4. The second-order valence-electron chi connectivity index (χ2n) is 4.31. The summed E-state index contributed by atoms with van der Waals surface area (Å²) >= 11 is 9.52. The average Bonchev–Trinajstić information content (AvgIpc) is 2.33. The fourth-order valence-corrected chi connectivity index (χ4v) is 3.01. The molecule has 2 rings (SSSR count). The predicted molar refractivity (Wildman–Crippen MR) is 72.0 cm³/mol. The average molecular weight is 304 g/mol. The van der Waals surface area contributed by atoms with Crippen LogP contribution in [0, 0.1) is 5.92 Å². The van der Waals surface area contributed by atoms with Crippen molar-refractivity contribution in [3.05, 3.63) is 22.9 Å². The monoisotopic (exact) mass is 302 g/mol. The lowest BCUT2D eigenvalue weighted by Gasteiger charge is -2.31. The molecule has 88 valence electrons. The van der Waals surface area contributed by atoms with E-state index in [0.29, 0.717) is 12.0 Å². The van der Waals surface area contributed by atoms with Gasteiger partial charge in [-0.05, 0) is 40.8 Å². The molecule has 1 saturated carbocycles. The van der Waals surface area contributed by atoms with Gasteiger partial charge >= 0.3 is 0 Å². The maximum atomic E-state index is 6.02. The van der Waals surface area contributed by atoms with Crippen LogP contribution in [0.25, 0.3) is 0 Å². The predicted octanol–water partition coefficient (Wildman–Crippen LogP) is 4.05. The Morgan fingerprint density at radius 1 is 1.44 bits per heavy atom. The summed E-state index contributed by atoms with van der Waals surface area (Å²) in [4.78, 5) is 4.06. The molecular weight excluding hydrogens is 288 g/mol. The van der Waals surface area contributed by atoms with Crippen LogP contribution >= 0.6 is 27.5 Å². The molecule has 0 spiro atoms. The summed E-state index contributed by atoms with van der Waals surface area (Å²) in [5.74, 6) is 1.34. The first-order chi connectivity index (χ1) is 7.81. The molecule has 1 aliphatic rings. The molecule has 0 radical (unpaired) electrons. The Kier molecular flexibility index (Phi) is 4.47. The van der Waals surface area contributed by atoms with E-state index in [1.807, 2.05) is 18.5 Å². The zero-order valence-electron chi connectivity index (χ0n) is 9.13. The lowest BCUT2D eigenvalue weighted by atomic mass is 9.85. The highest BCUT2D eigenvalue weighted by atomic mass is 79.9. The highest BCUT2D eigenvalue weighted by Gasteiger charge is 2.24. The van der Waals surface area contributed by atoms with E-state index in [1.165, 1.54) is 25.7 Å². The fourth-order valence-electron chi connectivity index (χ4n) is 2.27. The molecule has 1 fully saturated rings. The molecular formula is C12H16BrClN2. The van der Waals surface area contributed by atoms with Gasteiger partial charge in [-0.3, -0.25) is 4.98 Å². The molecule has 0 aromatic carbocycles. The standard InChI is InChI=1S/C12H16BrClN2/c13-10-8-15-6-5-12(10)16-11-4-2-1-3-9(11)7-14/h5-6,8-9,11H,1-4,7H2,(H,15,16). The maximum absolute atomic E-state index is 6.02. The topological polar surface area (TPSA) is 24.9 Å². The molecule has 1 aromatic rings. The van der Waals surface area contributed by atoms with E-state index in [-0.39, 0.29) is 0 Å². The van der Waals surface area contributed by atoms with E-state index in [1.54, 1.807) is 0 Å². The van der Waals surface area contributed by atoms with Crippen molar-refractivity contribution in [3.8, 4) is 0 Å². The number of halogens is 2. The summed E-state index contributed by atoms with van der Waals surface area (Å²) in [6, 6.07) is 2.51. The smallest absolute Gasteiger partial charge is 0.0590 e. The third kappa shape index (κ3) is 2.89. The van der Waals surface area contributed by atoms with Crippen LogP contribution in [0.2, 0.25) is 0 Å². The minimum Gasteiger partial charge on any atom is -0.381 e. The molecule has 0 bridgehead atoms. The van der Waals surface area contributed by atoms with Crippen LogP contribution in [0.1, 0.15) is 25.7 Å². The maximum Gasteiger partial charge on any atom is 0.0590 e. The lowest BCUT2D eigenvalue weighted by Crippen LogP contribution is -2.33. The Balaban J connectivity index is 2.05. The molecule has 2 unspecified atom stereocenters. The Morgan fingerprint density at radius 3 is 3.00 bits per heavy atom. The summed E-state index contributed by atoms with van der Waals surface area (Å²) in [5, 5.41) is 3.58. The first-order valence-electron chi connectivity index (χ1n) is 5.73. The van der Waals surface area contributed by atoms with Gasteiger partial charge in [-0.2, -0.15) is 0 Å². The van der Waals surface area contributed by atoms with Crippen molar-refractivity contribution in [2.24, 2.45) is 5.92 Å². The molecule has 1 N–H and O–H groups in total. The molecule has 16 heavy (non-hydrogen) atoms. The van der Waals surface area contributed by atoms with Gasteiger partial charge < -0.3 is 5.32 Å². The Labute approximate surface area is 110 Å². The van der Waals surface area contributed by atoms with Crippen LogP contribution in [0.15, 0.2) is 22.9 Å². The number of nitrogens with one attached hydrogen (secondary N) is 1. The number of pyridine rings is 1. The summed E-state index contributed by atoms with van der Waals surface area (Å²) < 4.78 is 1.02. The number of hydrogen-bond donors (Lipinski definition) is 1. The van der Waals surface area contributed by atoms with Gasteiger partial charge in [-0.25, -0.2) is 0 Å². The number of nitrogens with zero attached hydrogens (tertiary/aromatic N) is 1. The van der Waals surface area contributed by atoms with Gasteiger partial charge in [0.05, 0.1) is 10.2 Å². The van der Waals surface area contributed by atoms with Crippen molar-refractivity contribution < 1.29 is 0 Å². The van der Waals surface area contributed by atoms with Crippen LogP contribution in [0.5, 0.6) is 0 Å². The SMILES string of the molecule is ClCC1CCCCC1Nc1ccncc1Br. The third-order valence-electron chi connectivity index (χ3n) is 3.22. The minimum absolute atomic E-state index is 0.505. The molecule has 2 nitrogen and oxygen atoms in total. The Morgan fingerprint density at radius 2 is 2.25 bits per heavy atom. The quantitative estimate of drug-likeness (QED) is 0.852. The van der Waals surface area contributed by atoms with Gasteiger partial charge in [0.2, 0.25) is 0 Å². The second kappa shape index (κ2) is 5.87. The molecule has 0 aliphatic heterocycles. The molecule has 4 heteroatoms. The van der Waals surface area contributed by atoms with Crippen molar-refractivity contribution in [1.29, 1.82) is 0 Å². The highest BCUT2D eigenvalue weighted by Crippen LogP contribution is 2.30. The van der Waals surface area contributed by atoms with Gasteiger partial charge in [-0.15, -0.1) is 11.6 Å². The number of hydrogen-bond acceptors (Lipinski definition) is 2. The van der Waals surface area contributed by atoms with E-state index in [4.69, 9.17) is 11.6 Å². The Hall–Kier alpha value is -0.280. The number of anilines is 1. The van der Waals surface area contributed by atoms with Gasteiger partial charge in [0.15, 0.2) is 0 Å². The van der Waals surface area contributed by atoms with Crippen molar-refractivity contribution in [2.45, 2.75) is 31.7 Å². The molecule has 1 aliphatic carbocycles. The normalized spacial score (nSPS) is 25.4. The fraction of sp³-hybridized carbons (Fsp3) is 0.583. The number of alkyl halides is 1. The summed E-state index contributed by atoms with van der Waals surface area (Å²) in [7, 11) is 0. The van der Waals surface area contributed by atoms with Crippen LogP contribution < -0.4 is 5.32 Å². The molecule has 2 atom stereocenters. The molecule has 0 amide bonds. The van der Waals surface area contributed by atoms with E-state index in [0.717, 1.165) is 16.0 Å². The van der Waals surface area contributed by atoms with E-state index in [2.05, 4.69) is 26.2 Å². The van der Waals surface area contributed by atoms with Crippen LogP contribution in [-0.2, 0) is 0 Å². The van der Waals surface area contributed by atoms with Crippen molar-refractivity contribution in [1.82, 2.24) is 4.98 Å². The van der Waals surface area contributed by atoms with Crippen LogP contribution in [-0.4, -0.2) is 16.9 Å². The van der Waals surface area contributed by atoms with E-state index >= 15 is 0 Å². The lowest BCUT2D eigenvalue weighted by molar-refractivity contribution is 0.353. The molecule has 1 heterocycles. The first kappa shape index (κ1) is 12.2. The van der Waals surface area contributed by atoms with Gasteiger partial charge in [0.1, 0.15) is 0 Å². The summed E-state index contributed by atoms with van der Waals surface area (Å²) in [6.45, 7) is 0. The van der Waals surface area contributed by atoms with Crippen LogP contribution in [0.3, 0.4) is 0 Å². The van der Waals surface area contributed by atoms with Gasteiger partial charge in [0, 0.05) is 24.3 Å². The minimum atomic E-state index is 0.505. The van der Waals surface area contributed by atoms with E-state index < -0.39 is 0 Å². The van der Waals surface area contributed by atoms with Gasteiger partial charge in [-0.1, -0.05) is 12.8 Å². The summed E-state index contributed by atoms with van der Waals surface area (Å²) in [6.07, 6.45) is 8.70. The zero-order valence-corrected chi connectivity index (χ0v) is 11.5. The summed E-state index contributed by atoms with van der Waals surface area (Å²) in [5.41, 5.74) is 1.12. The molecule has 0 saturated heterocycles. The van der Waals surface area contributed by atoms with Crippen molar-refractivity contribution >= 4 is 33.2 Å². The number of rotatable bonds is 3. The first-order valence-corrected chi connectivity index (χ1v) is 7.06. The highest BCUT2D eigenvalue weighted by molar-refractivity contribution is 9.10. The van der Waals surface area contributed by atoms with Crippen LogP contribution in [0.4, 0.5) is 5.69 Å². The Bertz CT molecular complexity index is 346. The largest absolute Gasteiger partial charge is 0.381 e. The second-order valence-corrected chi connectivity index (χ2v) is 5.47.